The summed E-state index contributed by atoms with van der Waals surface area (Å²) < 4.78 is 5.34. The zero-order valence-electron chi connectivity index (χ0n) is 13.3. The number of nitrogens with one attached hydrogen (secondary N) is 1. The quantitative estimate of drug-likeness (QED) is 0.852. The van der Waals surface area contributed by atoms with Crippen LogP contribution < -0.4 is 5.32 Å². The van der Waals surface area contributed by atoms with Crippen molar-refractivity contribution in [1.82, 2.24) is 15.1 Å². The van der Waals surface area contributed by atoms with Crippen LogP contribution in [0, 0.1) is 0 Å². The molecule has 2 saturated heterocycles. The molecular weight excluding hydrogens is 254 g/mol. The van der Waals surface area contributed by atoms with Crippen molar-refractivity contribution in [2.75, 3.05) is 33.2 Å². The first-order valence-electron chi connectivity index (χ1n) is 7.78. The van der Waals surface area contributed by atoms with Gasteiger partial charge in [0.2, 0.25) is 0 Å². The molecule has 20 heavy (non-hydrogen) atoms. The Bertz CT molecular complexity index is 341. The Morgan fingerprint density at radius 1 is 1.35 bits per heavy atom. The standard InChI is InChI=1S/C15H29N3O2/c1-15(2,3)20-14(19)17(4)11-8-16-12-7-10-18-9-5-6-13(12)18/h12-13,16H,5-11H2,1-4H3. The van der Waals surface area contributed by atoms with Crippen LogP contribution in [-0.4, -0.2) is 66.8 Å². The zero-order valence-corrected chi connectivity index (χ0v) is 13.3. The summed E-state index contributed by atoms with van der Waals surface area (Å²) in [6.45, 7) is 9.70. The molecule has 0 bridgehead atoms. The van der Waals surface area contributed by atoms with E-state index in [-0.39, 0.29) is 6.09 Å². The van der Waals surface area contributed by atoms with Crippen molar-refractivity contribution in [2.24, 2.45) is 0 Å². The second-order valence-corrected chi connectivity index (χ2v) is 7.00. The van der Waals surface area contributed by atoms with E-state index >= 15 is 0 Å². The summed E-state index contributed by atoms with van der Waals surface area (Å²) in [6, 6.07) is 1.33. The van der Waals surface area contributed by atoms with Gasteiger partial charge in [0.25, 0.3) is 0 Å². The number of carbonyl (C=O) groups excluding carboxylic acids is 1. The van der Waals surface area contributed by atoms with Gasteiger partial charge < -0.3 is 15.0 Å². The van der Waals surface area contributed by atoms with Crippen LogP contribution in [0.25, 0.3) is 0 Å². The topological polar surface area (TPSA) is 44.8 Å². The average molecular weight is 283 g/mol. The molecule has 0 aromatic rings. The number of nitrogens with zero attached hydrogens (tertiary/aromatic N) is 2. The van der Waals surface area contributed by atoms with Crippen LogP contribution >= 0.6 is 0 Å². The predicted molar refractivity (Wildman–Crippen MR) is 79.9 cm³/mol. The lowest BCUT2D eigenvalue weighted by molar-refractivity contribution is 0.0299. The molecule has 116 valence electrons. The summed E-state index contributed by atoms with van der Waals surface area (Å²) >= 11 is 0. The molecule has 5 heteroatoms. The van der Waals surface area contributed by atoms with Crippen LogP contribution in [0.2, 0.25) is 0 Å². The Morgan fingerprint density at radius 2 is 2.10 bits per heavy atom. The van der Waals surface area contributed by atoms with Gasteiger partial charge in [0.15, 0.2) is 0 Å². The van der Waals surface area contributed by atoms with Gasteiger partial charge in [-0.15, -0.1) is 0 Å². The van der Waals surface area contributed by atoms with Crippen LogP contribution in [0.5, 0.6) is 0 Å². The maximum Gasteiger partial charge on any atom is 0.410 e. The third-order valence-electron chi connectivity index (χ3n) is 4.16. The van der Waals surface area contributed by atoms with Crippen LogP contribution in [-0.2, 0) is 4.74 Å². The summed E-state index contributed by atoms with van der Waals surface area (Å²) in [5.74, 6) is 0. The SMILES string of the molecule is CN(CCNC1CCN2CCCC12)C(=O)OC(C)(C)C. The van der Waals surface area contributed by atoms with E-state index in [1.165, 1.54) is 32.4 Å². The minimum absolute atomic E-state index is 0.242. The fraction of sp³-hybridized carbons (Fsp3) is 0.933. The minimum atomic E-state index is -0.422. The Kier molecular flexibility index (Phi) is 4.91. The van der Waals surface area contributed by atoms with Gasteiger partial charge >= 0.3 is 6.09 Å². The normalized spacial score (nSPS) is 26.6. The molecule has 0 aromatic carbocycles. The molecule has 0 spiro atoms. The molecule has 2 rings (SSSR count). The largest absolute Gasteiger partial charge is 0.444 e. The average Bonchev–Trinajstić information content (AvgIpc) is 2.90. The van der Waals surface area contributed by atoms with E-state index in [0.717, 1.165) is 12.6 Å². The van der Waals surface area contributed by atoms with E-state index in [4.69, 9.17) is 4.74 Å². The molecule has 1 amide bonds. The summed E-state index contributed by atoms with van der Waals surface area (Å²) in [5, 5.41) is 3.61. The minimum Gasteiger partial charge on any atom is -0.444 e. The molecular formula is C15H29N3O2. The van der Waals surface area contributed by atoms with Crippen molar-refractivity contribution in [3.8, 4) is 0 Å². The van der Waals surface area contributed by atoms with Gasteiger partial charge in [0, 0.05) is 38.8 Å². The Hall–Kier alpha value is -0.810. The van der Waals surface area contributed by atoms with Crippen LogP contribution in [0.4, 0.5) is 4.79 Å². The van der Waals surface area contributed by atoms with Gasteiger partial charge in [-0.3, -0.25) is 4.90 Å². The van der Waals surface area contributed by atoms with E-state index in [1.54, 1.807) is 11.9 Å². The molecule has 1 N–H and O–H groups in total. The van der Waals surface area contributed by atoms with Crippen molar-refractivity contribution >= 4 is 6.09 Å². The Morgan fingerprint density at radius 3 is 2.80 bits per heavy atom. The Balaban J connectivity index is 1.66. The number of likely N-dealkylation sites (N-methyl/N-ethyl adjacent to an activating group) is 1. The molecule has 2 aliphatic heterocycles. The molecule has 0 aromatic heterocycles. The van der Waals surface area contributed by atoms with E-state index in [0.29, 0.717) is 12.6 Å². The first-order chi connectivity index (χ1) is 9.37. The first kappa shape index (κ1) is 15.6. The number of amides is 1. The van der Waals surface area contributed by atoms with Crippen molar-refractivity contribution in [2.45, 2.75) is 57.7 Å². The predicted octanol–water partition coefficient (Wildman–Crippen LogP) is 1.68. The number of carbonyl (C=O) groups is 1. The van der Waals surface area contributed by atoms with Gasteiger partial charge in [-0.05, 0) is 46.6 Å². The smallest absolute Gasteiger partial charge is 0.410 e. The van der Waals surface area contributed by atoms with E-state index in [1.807, 2.05) is 20.8 Å². The lowest BCUT2D eigenvalue weighted by Crippen LogP contribution is -2.43. The number of fused-ring (bicyclic) bond motifs is 1. The van der Waals surface area contributed by atoms with E-state index in [2.05, 4.69) is 10.2 Å². The van der Waals surface area contributed by atoms with Crippen LogP contribution in [0.3, 0.4) is 0 Å². The zero-order chi connectivity index (χ0) is 14.8. The number of ether oxygens (including phenoxy) is 1. The first-order valence-corrected chi connectivity index (χ1v) is 7.78. The molecule has 2 unspecified atom stereocenters. The van der Waals surface area contributed by atoms with Gasteiger partial charge in [-0.2, -0.15) is 0 Å². The number of hydrogen-bond acceptors (Lipinski definition) is 4. The summed E-state index contributed by atoms with van der Waals surface area (Å²) in [5.41, 5.74) is -0.422. The lowest BCUT2D eigenvalue weighted by Gasteiger charge is -2.26. The van der Waals surface area contributed by atoms with Crippen LogP contribution in [0.1, 0.15) is 40.0 Å². The van der Waals surface area contributed by atoms with Crippen LogP contribution in [0.15, 0.2) is 0 Å². The molecule has 2 heterocycles. The van der Waals surface area contributed by atoms with Gasteiger partial charge in [-0.25, -0.2) is 4.79 Å². The van der Waals surface area contributed by atoms with Crippen molar-refractivity contribution in [1.29, 1.82) is 0 Å². The van der Waals surface area contributed by atoms with Crippen molar-refractivity contribution < 1.29 is 9.53 Å². The fourth-order valence-corrected chi connectivity index (χ4v) is 3.17. The highest BCUT2D eigenvalue weighted by Crippen LogP contribution is 2.27. The lowest BCUT2D eigenvalue weighted by atomic mass is 10.1. The maximum absolute atomic E-state index is 11.8. The third-order valence-corrected chi connectivity index (χ3v) is 4.16. The highest BCUT2D eigenvalue weighted by molar-refractivity contribution is 5.67. The molecule has 0 aliphatic carbocycles. The van der Waals surface area contributed by atoms with Gasteiger partial charge in [-0.1, -0.05) is 0 Å². The van der Waals surface area contributed by atoms with Crippen molar-refractivity contribution in [3.05, 3.63) is 0 Å². The molecule has 0 saturated carbocycles. The van der Waals surface area contributed by atoms with Crippen molar-refractivity contribution in [3.63, 3.8) is 0 Å². The van der Waals surface area contributed by atoms with E-state index in [9.17, 15) is 4.79 Å². The Labute approximate surface area is 122 Å². The molecule has 5 nitrogen and oxygen atoms in total. The number of hydrogen-bond donors (Lipinski definition) is 1. The second kappa shape index (κ2) is 6.31. The highest BCUT2D eigenvalue weighted by atomic mass is 16.6. The monoisotopic (exact) mass is 283 g/mol. The summed E-state index contributed by atoms with van der Waals surface area (Å²) in [4.78, 5) is 16.1. The molecule has 2 atom stereocenters. The second-order valence-electron chi connectivity index (χ2n) is 7.00. The van der Waals surface area contributed by atoms with Gasteiger partial charge in [0.1, 0.15) is 5.60 Å². The number of rotatable bonds is 4. The summed E-state index contributed by atoms with van der Waals surface area (Å²) in [6.07, 6.45) is 3.65. The summed E-state index contributed by atoms with van der Waals surface area (Å²) in [7, 11) is 1.80. The fourth-order valence-electron chi connectivity index (χ4n) is 3.17. The van der Waals surface area contributed by atoms with Gasteiger partial charge in [0.05, 0.1) is 0 Å². The molecule has 2 fully saturated rings. The maximum atomic E-state index is 11.8. The highest BCUT2D eigenvalue weighted by Gasteiger charge is 2.36. The third kappa shape index (κ3) is 4.09. The van der Waals surface area contributed by atoms with E-state index < -0.39 is 5.60 Å². The molecule has 2 aliphatic rings. The molecule has 0 radical (unpaired) electrons.